The quantitative estimate of drug-likeness (QED) is 0.483. The Labute approximate surface area is 97.6 Å². The summed E-state index contributed by atoms with van der Waals surface area (Å²) in [7, 11) is 1.60. The van der Waals surface area contributed by atoms with Gasteiger partial charge in [0.2, 0.25) is 0 Å². The molecule has 0 bridgehead atoms. The fourth-order valence-electron chi connectivity index (χ4n) is 1.35. The Morgan fingerprint density at radius 2 is 2.29 bits per heavy atom. The van der Waals surface area contributed by atoms with Crippen molar-refractivity contribution < 1.29 is 14.8 Å². The highest BCUT2D eigenvalue weighted by atomic mass is 16.6. The second kappa shape index (κ2) is 4.99. The van der Waals surface area contributed by atoms with Crippen LogP contribution in [-0.2, 0) is 0 Å². The number of rotatable bonds is 4. The number of hydrogen-bond acceptors (Lipinski definition) is 4. The monoisotopic (exact) mass is 234 g/mol. The zero-order chi connectivity index (χ0) is 13.0. The van der Waals surface area contributed by atoms with Gasteiger partial charge < -0.3 is 10.0 Å². The molecule has 0 saturated heterocycles. The predicted octanol–water partition coefficient (Wildman–Crippen LogP) is 1.36. The maximum absolute atomic E-state index is 10.8. The molecule has 1 aromatic carbocycles. The molecule has 0 saturated carbocycles. The lowest BCUT2D eigenvalue weighted by Crippen LogP contribution is -2.18. The number of anilines is 1. The Morgan fingerprint density at radius 3 is 2.76 bits per heavy atom. The van der Waals surface area contributed by atoms with E-state index in [-0.39, 0.29) is 23.5 Å². The van der Waals surface area contributed by atoms with E-state index in [0.29, 0.717) is 0 Å². The molecule has 6 heteroatoms. The largest absolute Gasteiger partial charge is 0.478 e. The van der Waals surface area contributed by atoms with Gasteiger partial charge in [-0.05, 0) is 12.1 Å². The molecule has 0 radical (unpaired) electrons. The number of carbonyl (C=O) groups is 1. The van der Waals surface area contributed by atoms with Gasteiger partial charge in [-0.25, -0.2) is 4.79 Å². The van der Waals surface area contributed by atoms with Crippen LogP contribution in [0.4, 0.5) is 11.4 Å². The summed E-state index contributed by atoms with van der Waals surface area (Å²) in [5, 5.41) is 19.6. The minimum absolute atomic E-state index is 0.130. The zero-order valence-corrected chi connectivity index (χ0v) is 9.08. The van der Waals surface area contributed by atoms with Crippen LogP contribution < -0.4 is 4.90 Å². The van der Waals surface area contributed by atoms with Gasteiger partial charge in [-0.1, -0.05) is 5.92 Å². The SMILES string of the molecule is C#CCN(C)c1ccc(C(=O)O)cc1[N+](=O)[O-]. The number of aromatic carboxylic acids is 1. The third-order valence-electron chi connectivity index (χ3n) is 2.16. The van der Waals surface area contributed by atoms with Crippen molar-refractivity contribution in [1.29, 1.82) is 0 Å². The molecule has 0 fully saturated rings. The van der Waals surface area contributed by atoms with Crippen LogP contribution in [-0.4, -0.2) is 29.6 Å². The van der Waals surface area contributed by atoms with Crippen LogP contribution in [0.25, 0.3) is 0 Å². The molecule has 0 amide bonds. The number of benzene rings is 1. The Morgan fingerprint density at radius 1 is 1.65 bits per heavy atom. The van der Waals surface area contributed by atoms with Crippen LogP contribution in [0, 0.1) is 22.5 Å². The van der Waals surface area contributed by atoms with Crippen molar-refractivity contribution in [1.82, 2.24) is 0 Å². The highest BCUT2D eigenvalue weighted by Gasteiger charge is 2.19. The first kappa shape index (κ1) is 12.5. The molecule has 0 unspecified atom stereocenters. The van der Waals surface area contributed by atoms with Crippen LogP contribution in [0.1, 0.15) is 10.4 Å². The lowest BCUT2D eigenvalue weighted by molar-refractivity contribution is -0.384. The zero-order valence-electron chi connectivity index (χ0n) is 9.08. The normalized spacial score (nSPS) is 9.41. The third kappa shape index (κ3) is 2.72. The maximum atomic E-state index is 10.8. The molecule has 0 atom stereocenters. The Balaban J connectivity index is 3.27. The average molecular weight is 234 g/mol. The summed E-state index contributed by atoms with van der Waals surface area (Å²) in [6.07, 6.45) is 5.12. The molecule has 1 rings (SSSR count). The van der Waals surface area contributed by atoms with E-state index in [4.69, 9.17) is 11.5 Å². The number of nitrogens with zero attached hydrogens (tertiary/aromatic N) is 2. The van der Waals surface area contributed by atoms with E-state index < -0.39 is 10.9 Å². The highest BCUT2D eigenvalue weighted by molar-refractivity contribution is 5.89. The van der Waals surface area contributed by atoms with Gasteiger partial charge in [0.05, 0.1) is 17.0 Å². The van der Waals surface area contributed by atoms with E-state index in [1.807, 2.05) is 0 Å². The summed E-state index contributed by atoms with van der Waals surface area (Å²) in [6.45, 7) is 0.202. The predicted molar refractivity (Wildman–Crippen MR) is 62.2 cm³/mol. The summed E-state index contributed by atoms with van der Waals surface area (Å²) >= 11 is 0. The minimum Gasteiger partial charge on any atom is -0.478 e. The van der Waals surface area contributed by atoms with Crippen molar-refractivity contribution in [3.63, 3.8) is 0 Å². The van der Waals surface area contributed by atoms with Gasteiger partial charge in [-0.2, -0.15) is 0 Å². The van der Waals surface area contributed by atoms with Crippen LogP contribution >= 0.6 is 0 Å². The lowest BCUT2D eigenvalue weighted by atomic mass is 10.1. The van der Waals surface area contributed by atoms with Gasteiger partial charge in [0.25, 0.3) is 5.69 Å². The van der Waals surface area contributed by atoms with Crippen LogP contribution in [0.3, 0.4) is 0 Å². The van der Waals surface area contributed by atoms with E-state index >= 15 is 0 Å². The second-order valence-corrected chi connectivity index (χ2v) is 3.33. The standard InChI is InChI=1S/C11H10N2O4/c1-3-6-12(2)9-5-4-8(11(14)15)7-10(9)13(16)17/h1,4-5,7H,6H2,2H3,(H,14,15). The van der Waals surface area contributed by atoms with Gasteiger partial charge in [0.1, 0.15) is 5.69 Å². The summed E-state index contributed by atoms with van der Waals surface area (Å²) in [4.78, 5) is 22.4. The van der Waals surface area contributed by atoms with Gasteiger partial charge in [0, 0.05) is 13.1 Å². The molecule has 6 nitrogen and oxygen atoms in total. The van der Waals surface area contributed by atoms with E-state index in [9.17, 15) is 14.9 Å². The molecular formula is C11H10N2O4. The molecule has 0 aliphatic heterocycles. The first-order valence-corrected chi connectivity index (χ1v) is 4.63. The minimum atomic E-state index is -1.21. The molecule has 0 aromatic heterocycles. The number of nitro groups is 1. The Bertz CT molecular complexity index is 505. The van der Waals surface area contributed by atoms with E-state index in [0.717, 1.165) is 6.07 Å². The number of hydrogen-bond donors (Lipinski definition) is 1. The Kier molecular flexibility index (Phi) is 3.67. The molecule has 0 aliphatic carbocycles. The van der Waals surface area contributed by atoms with E-state index in [2.05, 4.69) is 5.92 Å². The molecule has 0 heterocycles. The number of nitro benzene ring substituents is 1. The van der Waals surface area contributed by atoms with Crippen molar-refractivity contribution in [2.24, 2.45) is 0 Å². The number of carboxylic acid groups (broad SMARTS) is 1. The van der Waals surface area contributed by atoms with Crippen LogP contribution in [0.5, 0.6) is 0 Å². The number of carboxylic acids is 1. The van der Waals surface area contributed by atoms with Gasteiger partial charge in [-0.3, -0.25) is 10.1 Å². The van der Waals surface area contributed by atoms with Gasteiger partial charge >= 0.3 is 5.97 Å². The molecule has 17 heavy (non-hydrogen) atoms. The van der Waals surface area contributed by atoms with E-state index in [1.54, 1.807) is 7.05 Å². The van der Waals surface area contributed by atoms with Crippen LogP contribution in [0.15, 0.2) is 18.2 Å². The lowest BCUT2D eigenvalue weighted by Gasteiger charge is -2.16. The third-order valence-corrected chi connectivity index (χ3v) is 2.16. The average Bonchev–Trinajstić information content (AvgIpc) is 2.28. The Hall–Kier alpha value is -2.55. The summed E-state index contributed by atoms with van der Waals surface area (Å²) < 4.78 is 0. The highest BCUT2D eigenvalue weighted by Crippen LogP contribution is 2.28. The summed E-state index contributed by atoms with van der Waals surface area (Å²) in [6, 6.07) is 3.70. The smallest absolute Gasteiger partial charge is 0.335 e. The van der Waals surface area contributed by atoms with Crippen molar-refractivity contribution in [3.05, 3.63) is 33.9 Å². The molecule has 0 aliphatic rings. The molecule has 88 valence electrons. The van der Waals surface area contributed by atoms with E-state index in [1.165, 1.54) is 17.0 Å². The van der Waals surface area contributed by atoms with Gasteiger partial charge in [0.15, 0.2) is 0 Å². The summed E-state index contributed by atoms with van der Waals surface area (Å²) in [5.41, 5.74) is -0.116. The topological polar surface area (TPSA) is 83.7 Å². The maximum Gasteiger partial charge on any atom is 0.335 e. The van der Waals surface area contributed by atoms with Crippen molar-refractivity contribution >= 4 is 17.3 Å². The first-order valence-electron chi connectivity index (χ1n) is 4.63. The molecule has 0 spiro atoms. The fourth-order valence-corrected chi connectivity index (χ4v) is 1.35. The van der Waals surface area contributed by atoms with Crippen LogP contribution in [0.2, 0.25) is 0 Å². The molecule has 1 N–H and O–H groups in total. The van der Waals surface area contributed by atoms with Crippen molar-refractivity contribution in [2.75, 3.05) is 18.5 Å². The first-order chi connectivity index (χ1) is 7.97. The number of terminal acetylenes is 1. The van der Waals surface area contributed by atoms with Crippen molar-refractivity contribution in [2.45, 2.75) is 0 Å². The fraction of sp³-hybridized carbons (Fsp3) is 0.182. The molecule has 1 aromatic rings. The van der Waals surface area contributed by atoms with Crippen molar-refractivity contribution in [3.8, 4) is 12.3 Å². The summed E-state index contributed by atoms with van der Waals surface area (Å²) in [5.74, 6) is 1.15. The van der Waals surface area contributed by atoms with Gasteiger partial charge in [-0.15, -0.1) is 6.42 Å². The molecular weight excluding hydrogens is 224 g/mol. The second-order valence-electron chi connectivity index (χ2n) is 3.33.